The molecule has 0 spiro atoms. The standard InChI is InChI=1S/C14H22N4O2/c19-12(10-17-7-4-15-5-8-17)14(20)11-9-18-6-2-1-3-13(18)16-11/h9,13,15-16H,1-8,10H2. The number of nitrogens with zero attached hydrogens (tertiary/aromatic N) is 2. The number of nitrogens with one attached hydrogen (secondary N) is 2. The molecule has 3 aliphatic rings. The third kappa shape index (κ3) is 2.86. The van der Waals surface area contributed by atoms with E-state index >= 15 is 0 Å². The molecule has 0 aromatic heterocycles. The average molecular weight is 278 g/mol. The number of carbonyl (C=O) groups excluding carboxylic acids is 2. The number of rotatable bonds is 4. The fourth-order valence-electron chi connectivity index (χ4n) is 3.06. The Morgan fingerprint density at radius 2 is 2.00 bits per heavy atom. The Kier molecular flexibility index (Phi) is 4.03. The van der Waals surface area contributed by atoms with E-state index in [0.717, 1.165) is 45.6 Å². The highest BCUT2D eigenvalue weighted by atomic mass is 16.2. The summed E-state index contributed by atoms with van der Waals surface area (Å²) in [4.78, 5) is 28.5. The van der Waals surface area contributed by atoms with E-state index in [1.807, 2.05) is 11.1 Å². The van der Waals surface area contributed by atoms with Crippen molar-refractivity contribution in [2.24, 2.45) is 0 Å². The van der Waals surface area contributed by atoms with Crippen LogP contribution in [-0.4, -0.2) is 66.8 Å². The molecule has 1 unspecified atom stereocenters. The molecule has 0 bridgehead atoms. The van der Waals surface area contributed by atoms with E-state index in [0.29, 0.717) is 5.70 Å². The van der Waals surface area contributed by atoms with Gasteiger partial charge in [-0.05, 0) is 19.3 Å². The van der Waals surface area contributed by atoms with Gasteiger partial charge in [-0.1, -0.05) is 0 Å². The lowest BCUT2D eigenvalue weighted by Gasteiger charge is -2.29. The zero-order valence-electron chi connectivity index (χ0n) is 11.7. The van der Waals surface area contributed by atoms with Gasteiger partial charge in [0, 0.05) is 38.9 Å². The van der Waals surface area contributed by atoms with Gasteiger partial charge in [0.2, 0.25) is 11.6 Å². The number of hydrogen-bond acceptors (Lipinski definition) is 6. The molecule has 20 heavy (non-hydrogen) atoms. The molecule has 6 nitrogen and oxygen atoms in total. The van der Waals surface area contributed by atoms with Crippen LogP contribution in [0.3, 0.4) is 0 Å². The van der Waals surface area contributed by atoms with E-state index in [9.17, 15) is 9.59 Å². The Morgan fingerprint density at radius 1 is 1.20 bits per heavy atom. The van der Waals surface area contributed by atoms with Crippen LogP contribution in [0, 0.1) is 0 Å². The van der Waals surface area contributed by atoms with Gasteiger partial charge in [0.25, 0.3) is 0 Å². The van der Waals surface area contributed by atoms with E-state index in [1.165, 1.54) is 6.42 Å². The van der Waals surface area contributed by atoms with Gasteiger partial charge in [-0.25, -0.2) is 0 Å². The van der Waals surface area contributed by atoms with Crippen LogP contribution in [0.2, 0.25) is 0 Å². The molecule has 0 aliphatic carbocycles. The van der Waals surface area contributed by atoms with Crippen LogP contribution in [0.25, 0.3) is 0 Å². The highest BCUT2D eigenvalue weighted by molar-refractivity contribution is 6.44. The summed E-state index contributed by atoms with van der Waals surface area (Å²) in [6, 6.07) is 0. The highest BCUT2D eigenvalue weighted by Gasteiger charge is 2.31. The van der Waals surface area contributed by atoms with Gasteiger partial charge >= 0.3 is 0 Å². The van der Waals surface area contributed by atoms with E-state index in [-0.39, 0.29) is 24.3 Å². The van der Waals surface area contributed by atoms with E-state index < -0.39 is 0 Å². The normalized spacial score (nSPS) is 26.7. The quantitative estimate of drug-likeness (QED) is 0.662. The number of piperazine rings is 1. The molecular formula is C14H22N4O2. The van der Waals surface area contributed by atoms with Crippen molar-refractivity contribution < 1.29 is 9.59 Å². The lowest BCUT2D eigenvalue weighted by molar-refractivity contribution is -0.135. The fraction of sp³-hybridized carbons (Fsp3) is 0.714. The van der Waals surface area contributed by atoms with Crippen molar-refractivity contribution in [3.05, 3.63) is 11.9 Å². The second kappa shape index (κ2) is 5.93. The number of hydrogen-bond donors (Lipinski definition) is 2. The second-order valence-electron chi connectivity index (χ2n) is 5.71. The minimum atomic E-state index is -0.363. The number of Topliss-reactive ketones (excluding diaryl/α,β-unsaturated/α-hetero) is 2. The number of ketones is 2. The molecular weight excluding hydrogens is 256 g/mol. The minimum Gasteiger partial charge on any atom is -0.361 e. The fourth-order valence-corrected chi connectivity index (χ4v) is 3.06. The zero-order chi connectivity index (χ0) is 13.9. The second-order valence-corrected chi connectivity index (χ2v) is 5.71. The minimum absolute atomic E-state index is 0.217. The van der Waals surface area contributed by atoms with Crippen LogP contribution < -0.4 is 10.6 Å². The van der Waals surface area contributed by atoms with Gasteiger partial charge in [-0.3, -0.25) is 14.5 Å². The molecule has 1 atom stereocenters. The third-order valence-electron chi connectivity index (χ3n) is 4.24. The van der Waals surface area contributed by atoms with Gasteiger partial charge in [0.1, 0.15) is 5.70 Å². The number of allylic oxidation sites excluding steroid dienone is 1. The molecule has 0 saturated carbocycles. The monoisotopic (exact) mass is 278 g/mol. The highest BCUT2D eigenvalue weighted by Crippen LogP contribution is 2.22. The van der Waals surface area contributed by atoms with Crippen LogP contribution in [0.5, 0.6) is 0 Å². The lowest BCUT2D eigenvalue weighted by atomic mass is 10.1. The Bertz CT molecular complexity index is 429. The van der Waals surface area contributed by atoms with Gasteiger partial charge in [-0.15, -0.1) is 0 Å². The topological polar surface area (TPSA) is 64.7 Å². The van der Waals surface area contributed by atoms with E-state index in [4.69, 9.17) is 0 Å². The molecule has 3 heterocycles. The molecule has 3 rings (SSSR count). The Balaban J connectivity index is 1.56. The number of piperidine rings is 1. The van der Waals surface area contributed by atoms with E-state index in [2.05, 4.69) is 15.5 Å². The molecule has 0 amide bonds. The summed E-state index contributed by atoms with van der Waals surface area (Å²) in [6.45, 7) is 4.65. The summed E-state index contributed by atoms with van der Waals surface area (Å²) in [6.07, 6.45) is 5.43. The van der Waals surface area contributed by atoms with Gasteiger partial charge in [0.15, 0.2) is 0 Å². The maximum Gasteiger partial charge on any atom is 0.247 e. The SMILES string of the molecule is O=C(CN1CCNCC1)C(=O)C1=CN2CCCCC2N1. The maximum atomic E-state index is 12.2. The van der Waals surface area contributed by atoms with Crippen LogP contribution >= 0.6 is 0 Å². The number of fused-ring (bicyclic) bond motifs is 1. The smallest absolute Gasteiger partial charge is 0.247 e. The summed E-state index contributed by atoms with van der Waals surface area (Å²) in [7, 11) is 0. The molecule has 0 aromatic rings. The number of carbonyl (C=O) groups is 2. The van der Waals surface area contributed by atoms with Crippen molar-refractivity contribution in [1.82, 2.24) is 20.4 Å². The van der Waals surface area contributed by atoms with Crippen molar-refractivity contribution in [1.29, 1.82) is 0 Å². The molecule has 110 valence electrons. The first-order chi connectivity index (χ1) is 9.74. The molecule has 0 radical (unpaired) electrons. The van der Waals surface area contributed by atoms with Crippen LogP contribution in [0.1, 0.15) is 19.3 Å². The van der Waals surface area contributed by atoms with Crippen molar-refractivity contribution in [3.8, 4) is 0 Å². The zero-order valence-corrected chi connectivity index (χ0v) is 11.7. The molecule has 2 N–H and O–H groups in total. The molecule has 0 aromatic carbocycles. The maximum absolute atomic E-state index is 12.2. The van der Waals surface area contributed by atoms with Crippen molar-refractivity contribution in [3.63, 3.8) is 0 Å². The third-order valence-corrected chi connectivity index (χ3v) is 4.24. The van der Waals surface area contributed by atoms with Crippen molar-refractivity contribution >= 4 is 11.6 Å². The summed E-state index contributed by atoms with van der Waals surface area (Å²) < 4.78 is 0. The largest absolute Gasteiger partial charge is 0.361 e. The summed E-state index contributed by atoms with van der Waals surface area (Å²) in [5, 5.41) is 6.43. The first kappa shape index (κ1) is 13.6. The van der Waals surface area contributed by atoms with Crippen LogP contribution in [0.4, 0.5) is 0 Å². The molecule has 2 saturated heterocycles. The van der Waals surface area contributed by atoms with Gasteiger partial charge in [-0.2, -0.15) is 0 Å². The first-order valence-electron chi connectivity index (χ1n) is 7.49. The van der Waals surface area contributed by atoms with Gasteiger partial charge < -0.3 is 15.5 Å². The Labute approximate surface area is 119 Å². The predicted molar refractivity (Wildman–Crippen MR) is 74.9 cm³/mol. The summed E-state index contributed by atoms with van der Waals surface area (Å²) in [5.41, 5.74) is 0.483. The molecule has 3 aliphatic heterocycles. The lowest BCUT2D eigenvalue weighted by Crippen LogP contribution is -2.47. The van der Waals surface area contributed by atoms with E-state index in [1.54, 1.807) is 0 Å². The molecule has 2 fully saturated rings. The molecule has 6 heteroatoms. The summed E-state index contributed by atoms with van der Waals surface area (Å²) in [5.74, 6) is -0.663. The first-order valence-corrected chi connectivity index (χ1v) is 7.49. The van der Waals surface area contributed by atoms with Crippen LogP contribution in [0.15, 0.2) is 11.9 Å². The Hall–Kier alpha value is -1.40. The Morgan fingerprint density at radius 3 is 2.75 bits per heavy atom. The van der Waals surface area contributed by atoms with Gasteiger partial charge in [0.05, 0.1) is 12.7 Å². The van der Waals surface area contributed by atoms with Crippen molar-refractivity contribution in [2.75, 3.05) is 39.3 Å². The predicted octanol–water partition coefficient (Wildman–Crippen LogP) is -0.714. The van der Waals surface area contributed by atoms with Crippen LogP contribution in [-0.2, 0) is 9.59 Å². The average Bonchev–Trinajstić information content (AvgIpc) is 2.91. The van der Waals surface area contributed by atoms with Crippen molar-refractivity contribution in [2.45, 2.75) is 25.4 Å². The summed E-state index contributed by atoms with van der Waals surface area (Å²) >= 11 is 0.